The molecule has 1 saturated heterocycles. The second-order valence-corrected chi connectivity index (χ2v) is 7.02. The van der Waals surface area contributed by atoms with Crippen molar-refractivity contribution in [1.29, 1.82) is 0 Å². The van der Waals surface area contributed by atoms with Gasteiger partial charge in [-0.25, -0.2) is 4.68 Å². The van der Waals surface area contributed by atoms with E-state index in [1.807, 2.05) is 18.2 Å². The maximum atomic E-state index is 12.7. The monoisotopic (exact) mass is 378 g/mol. The van der Waals surface area contributed by atoms with Crippen LogP contribution in [0.4, 0.5) is 0 Å². The highest BCUT2D eigenvalue weighted by atomic mass is 16.2. The second-order valence-electron chi connectivity index (χ2n) is 7.02. The smallest absolute Gasteiger partial charge is 0.273 e. The van der Waals surface area contributed by atoms with Crippen molar-refractivity contribution >= 4 is 16.7 Å². The first-order chi connectivity index (χ1) is 13.6. The number of fused-ring (bicyclic) bond motifs is 1. The Morgan fingerprint density at radius 3 is 2.21 bits per heavy atom. The minimum absolute atomic E-state index is 0.155. The molecule has 2 aromatic carbocycles. The molecule has 7 heteroatoms. The first kappa shape index (κ1) is 18.2. The number of carbonyl (C=O) groups excluding carboxylic acids is 1. The van der Waals surface area contributed by atoms with Crippen LogP contribution in [-0.4, -0.2) is 51.7 Å². The average molecular weight is 378 g/mol. The van der Waals surface area contributed by atoms with E-state index in [1.54, 1.807) is 29.2 Å². The molecule has 0 atom stereocenters. The number of hydrogen-bond acceptors (Lipinski definition) is 4. The summed E-state index contributed by atoms with van der Waals surface area (Å²) in [5.41, 5.74) is 0.532. The fourth-order valence-corrected chi connectivity index (χ4v) is 3.59. The van der Waals surface area contributed by atoms with E-state index in [2.05, 4.69) is 22.1 Å². The molecule has 28 heavy (non-hydrogen) atoms. The van der Waals surface area contributed by atoms with Crippen LogP contribution >= 0.6 is 0 Å². The van der Waals surface area contributed by atoms with E-state index in [-0.39, 0.29) is 23.6 Å². The molecule has 1 amide bonds. The molecule has 3 aromatic rings. The van der Waals surface area contributed by atoms with Crippen molar-refractivity contribution in [3.05, 3.63) is 80.9 Å². The van der Waals surface area contributed by atoms with Crippen molar-refractivity contribution in [3.8, 4) is 0 Å². The molecule has 7 nitrogen and oxygen atoms in total. The van der Waals surface area contributed by atoms with Gasteiger partial charge in [-0.05, 0) is 17.7 Å². The van der Waals surface area contributed by atoms with Crippen molar-refractivity contribution in [1.82, 2.24) is 19.6 Å². The van der Waals surface area contributed by atoms with E-state index in [4.69, 9.17) is 0 Å². The maximum absolute atomic E-state index is 12.7. The summed E-state index contributed by atoms with van der Waals surface area (Å²) in [7, 11) is 0. The third-order valence-corrected chi connectivity index (χ3v) is 5.15. The number of aromatic nitrogens is 2. The van der Waals surface area contributed by atoms with Crippen molar-refractivity contribution in [2.75, 3.05) is 26.2 Å². The number of rotatable bonds is 4. The van der Waals surface area contributed by atoms with Gasteiger partial charge in [0.2, 0.25) is 5.91 Å². The molecular weight excluding hydrogens is 356 g/mol. The fourth-order valence-electron chi connectivity index (χ4n) is 3.59. The van der Waals surface area contributed by atoms with E-state index in [0.717, 1.165) is 24.3 Å². The Balaban J connectivity index is 1.41. The minimum Gasteiger partial charge on any atom is -0.339 e. The molecule has 1 aliphatic rings. The number of piperazine rings is 1. The summed E-state index contributed by atoms with van der Waals surface area (Å²) >= 11 is 0. The zero-order valence-electron chi connectivity index (χ0n) is 15.5. The summed E-state index contributed by atoms with van der Waals surface area (Å²) in [4.78, 5) is 41.5. The summed E-state index contributed by atoms with van der Waals surface area (Å²) in [5, 5.41) is 3.19. The molecule has 1 aromatic heterocycles. The molecule has 0 bridgehead atoms. The minimum atomic E-state index is -0.365. The number of benzene rings is 2. The van der Waals surface area contributed by atoms with Gasteiger partial charge in [0.25, 0.3) is 11.1 Å². The Morgan fingerprint density at radius 1 is 0.857 bits per heavy atom. The molecule has 0 spiro atoms. The Labute approximate surface area is 161 Å². The Morgan fingerprint density at radius 2 is 1.50 bits per heavy atom. The van der Waals surface area contributed by atoms with Crippen LogP contribution in [0.15, 0.2) is 64.2 Å². The van der Waals surface area contributed by atoms with E-state index >= 15 is 0 Å². The first-order valence-electron chi connectivity index (χ1n) is 9.38. The molecule has 0 saturated carbocycles. The summed E-state index contributed by atoms with van der Waals surface area (Å²) in [6.45, 7) is 3.49. The van der Waals surface area contributed by atoms with Crippen molar-refractivity contribution in [2.45, 2.75) is 13.1 Å². The van der Waals surface area contributed by atoms with E-state index < -0.39 is 0 Å². The molecule has 0 aliphatic carbocycles. The molecule has 0 unspecified atom stereocenters. The topological polar surface area (TPSA) is 78.4 Å². The van der Waals surface area contributed by atoms with Crippen molar-refractivity contribution in [2.24, 2.45) is 0 Å². The van der Waals surface area contributed by atoms with Gasteiger partial charge >= 0.3 is 0 Å². The van der Waals surface area contributed by atoms with Gasteiger partial charge in [-0.15, -0.1) is 0 Å². The van der Waals surface area contributed by atoms with Crippen molar-refractivity contribution < 1.29 is 4.79 Å². The molecule has 1 fully saturated rings. The lowest BCUT2D eigenvalue weighted by Crippen LogP contribution is -2.50. The Kier molecular flexibility index (Phi) is 5.08. The van der Waals surface area contributed by atoms with Gasteiger partial charge in [-0.2, -0.15) is 0 Å². The number of nitrogens with one attached hydrogen (secondary N) is 1. The lowest BCUT2D eigenvalue weighted by atomic mass is 10.2. The second kappa shape index (κ2) is 7.82. The normalized spacial score (nSPS) is 15.1. The first-order valence-corrected chi connectivity index (χ1v) is 9.38. The molecular formula is C21H22N4O3. The van der Waals surface area contributed by atoms with E-state index in [0.29, 0.717) is 23.9 Å². The SMILES string of the molecule is O=C(Cn1[nH]c(=O)c2ccccc2c1=O)N1CCN(Cc2ccccc2)CC1. The standard InChI is InChI=1S/C21H22N4O3/c26-19(15-25-21(28)18-9-5-4-8-17(18)20(27)22-25)24-12-10-23(11-13-24)14-16-6-2-1-3-7-16/h1-9H,10-15H2,(H,22,27). The van der Waals surface area contributed by atoms with Gasteiger partial charge in [0, 0.05) is 32.7 Å². The highest BCUT2D eigenvalue weighted by molar-refractivity contribution is 5.81. The van der Waals surface area contributed by atoms with Crippen LogP contribution < -0.4 is 11.1 Å². The maximum Gasteiger partial charge on any atom is 0.273 e. The van der Waals surface area contributed by atoms with Gasteiger partial charge in [0.05, 0.1) is 10.8 Å². The number of carbonyl (C=O) groups is 1. The highest BCUT2D eigenvalue weighted by Crippen LogP contribution is 2.09. The quantitative estimate of drug-likeness (QED) is 0.736. The van der Waals surface area contributed by atoms with Gasteiger partial charge < -0.3 is 4.90 Å². The summed E-state index contributed by atoms with van der Waals surface area (Å²) in [6, 6.07) is 16.9. The average Bonchev–Trinajstić information content (AvgIpc) is 2.73. The molecule has 1 N–H and O–H groups in total. The van der Waals surface area contributed by atoms with Gasteiger partial charge in [0.15, 0.2) is 0 Å². The van der Waals surface area contributed by atoms with Gasteiger partial charge in [0.1, 0.15) is 6.54 Å². The molecule has 1 aliphatic heterocycles. The van der Waals surface area contributed by atoms with Crippen LogP contribution in [0, 0.1) is 0 Å². The predicted molar refractivity (Wildman–Crippen MR) is 107 cm³/mol. The van der Waals surface area contributed by atoms with Crippen LogP contribution in [0.5, 0.6) is 0 Å². The summed E-state index contributed by atoms with van der Waals surface area (Å²) < 4.78 is 1.11. The summed E-state index contributed by atoms with van der Waals surface area (Å²) in [5.74, 6) is -0.160. The van der Waals surface area contributed by atoms with Gasteiger partial charge in [-0.1, -0.05) is 42.5 Å². The van der Waals surface area contributed by atoms with E-state index in [9.17, 15) is 14.4 Å². The predicted octanol–water partition coefficient (Wildman–Crippen LogP) is 1.03. The van der Waals surface area contributed by atoms with Crippen molar-refractivity contribution in [3.63, 3.8) is 0 Å². The molecule has 2 heterocycles. The lowest BCUT2D eigenvalue weighted by Gasteiger charge is -2.34. The number of H-pyrrole nitrogens is 1. The number of amides is 1. The lowest BCUT2D eigenvalue weighted by molar-refractivity contribution is -0.133. The number of hydrogen-bond donors (Lipinski definition) is 1. The highest BCUT2D eigenvalue weighted by Gasteiger charge is 2.22. The van der Waals surface area contributed by atoms with Crippen LogP contribution in [0.2, 0.25) is 0 Å². The third-order valence-electron chi connectivity index (χ3n) is 5.15. The summed E-state index contributed by atoms with van der Waals surface area (Å²) in [6.07, 6.45) is 0. The van der Waals surface area contributed by atoms with Crippen LogP contribution in [0.3, 0.4) is 0 Å². The molecule has 0 radical (unpaired) electrons. The van der Waals surface area contributed by atoms with E-state index in [1.165, 1.54) is 5.56 Å². The number of aromatic amines is 1. The Bertz CT molecular complexity index is 1100. The number of nitrogens with zero attached hydrogens (tertiary/aromatic N) is 3. The zero-order chi connectivity index (χ0) is 19.5. The Hall–Kier alpha value is -3.19. The zero-order valence-corrected chi connectivity index (χ0v) is 15.5. The third kappa shape index (κ3) is 3.75. The van der Waals surface area contributed by atoms with Crippen LogP contribution in [0.1, 0.15) is 5.56 Å². The van der Waals surface area contributed by atoms with Crippen LogP contribution in [0.25, 0.3) is 10.8 Å². The largest absolute Gasteiger partial charge is 0.339 e. The van der Waals surface area contributed by atoms with Crippen LogP contribution in [-0.2, 0) is 17.9 Å². The molecule has 4 rings (SSSR count). The molecule has 144 valence electrons. The fraction of sp³-hybridized carbons (Fsp3) is 0.286. The van der Waals surface area contributed by atoms with Gasteiger partial charge in [-0.3, -0.25) is 24.4 Å².